The Balaban J connectivity index is 3.76. The Morgan fingerprint density at radius 3 is 1.74 bits per heavy atom. The number of carbonyl (C=O) groups excluding carboxylic acids is 2. The lowest BCUT2D eigenvalue weighted by Crippen LogP contribution is -2.25. The van der Waals surface area contributed by atoms with Crippen LogP contribution in [0.5, 0.6) is 0 Å². The van der Waals surface area contributed by atoms with Crippen molar-refractivity contribution in [1.82, 2.24) is 0 Å². The second-order valence-electron chi connectivity index (χ2n) is 10.8. The molecule has 0 aliphatic carbocycles. The van der Waals surface area contributed by atoms with E-state index in [1.165, 1.54) is 38.5 Å². The zero-order valence-corrected chi connectivity index (χ0v) is 27.0. The zero-order chi connectivity index (χ0) is 31.6. The molecule has 0 radical (unpaired) electrons. The van der Waals surface area contributed by atoms with Crippen molar-refractivity contribution in [2.75, 3.05) is 13.2 Å². The lowest BCUT2D eigenvalue weighted by molar-refractivity contribution is -0.152. The molecule has 244 valence electrons. The van der Waals surface area contributed by atoms with Crippen molar-refractivity contribution in [3.8, 4) is 0 Å². The fraction of sp³-hybridized carbons (Fsp3) is 0.622. The molecular formula is C37H60O6. The molecule has 0 fully saturated rings. The third-order valence-corrected chi connectivity index (χ3v) is 6.55. The lowest BCUT2D eigenvalue weighted by atomic mass is 10.1. The van der Waals surface area contributed by atoms with Gasteiger partial charge in [-0.3, -0.25) is 9.59 Å². The Morgan fingerprint density at radius 2 is 1.14 bits per heavy atom. The average Bonchev–Trinajstić information content (AvgIpc) is 3.00. The van der Waals surface area contributed by atoms with Crippen molar-refractivity contribution in [3.05, 3.63) is 72.9 Å². The Kier molecular flexibility index (Phi) is 30.2. The van der Waals surface area contributed by atoms with Gasteiger partial charge < -0.3 is 19.7 Å². The Hall–Kier alpha value is -2.70. The molecule has 0 saturated heterocycles. The third-order valence-electron chi connectivity index (χ3n) is 6.55. The monoisotopic (exact) mass is 600 g/mol. The second-order valence-corrected chi connectivity index (χ2v) is 10.8. The summed E-state index contributed by atoms with van der Waals surface area (Å²) in [6.45, 7) is 3.98. The first-order valence-electron chi connectivity index (χ1n) is 16.6. The van der Waals surface area contributed by atoms with E-state index in [0.29, 0.717) is 19.3 Å². The SMILES string of the molecule is CC/C=C\C/C=C\C/C=C\C/C=C\C=C/C(O)C/C=C\CCC(=O)OC[C@@H](O)COC(=O)CCCCCCCCCCC. The van der Waals surface area contributed by atoms with Crippen LogP contribution in [0.25, 0.3) is 0 Å². The number of unbranched alkanes of at least 4 members (excludes halogenated alkanes) is 8. The fourth-order valence-electron chi connectivity index (χ4n) is 4.02. The van der Waals surface area contributed by atoms with Gasteiger partial charge in [0.1, 0.15) is 19.3 Å². The highest BCUT2D eigenvalue weighted by molar-refractivity contribution is 5.70. The molecule has 1 unspecified atom stereocenters. The van der Waals surface area contributed by atoms with Gasteiger partial charge in [0.15, 0.2) is 0 Å². The highest BCUT2D eigenvalue weighted by Gasteiger charge is 2.11. The van der Waals surface area contributed by atoms with E-state index in [0.717, 1.165) is 44.9 Å². The number of rotatable bonds is 28. The van der Waals surface area contributed by atoms with Crippen molar-refractivity contribution in [1.29, 1.82) is 0 Å². The Morgan fingerprint density at radius 1 is 0.605 bits per heavy atom. The summed E-state index contributed by atoms with van der Waals surface area (Å²) in [7, 11) is 0. The van der Waals surface area contributed by atoms with Crippen LogP contribution in [0.3, 0.4) is 0 Å². The normalized spacial score (nSPS) is 13.9. The van der Waals surface area contributed by atoms with Gasteiger partial charge in [-0.05, 0) is 44.9 Å². The van der Waals surface area contributed by atoms with Crippen LogP contribution in [0.15, 0.2) is 72.9 Å². The van der Waals surface area contributed by atoms with Gasteiger partial charge >= 0.3 is 11.9 Å². The second kappa shape index (κ2) is 32.2. The van der Waals surface area contributed by atoms with E-state index < -0.39 is 18.2 Å². The van der Waals surface area contributed by atoms with Gasteiger partial charge in [0.2, 0.25) is 0 Å². The van der Waals surface area contributed by atoms with Crippen LogP contribution in [0, 0.1) is 0 Å². The summed E-state index contributed by atoms with van der Waals surface area (Å²) in [5, 5.41) is 20.0. The number of esters is 2. The number of hydrogen-bond acceptors (Lipinski definition) is 6. The molecule has 0 aromatic rings. The van der Waals surface area contributed by atoms with Crippen LogP contribution in [0.2, 0.25) is 0 Å². The summed E-state index contributed by atoms with van der Waals surface area (Å²) in [6.07, 6.45) is 38.5. The van der Waals surface area contributed by atoms with Crippen LogP contribution in [0.1, 0.15) is 123 Å². The summed E-state index contributed by atoms with van der Waals surface area (Å²) < 4.78 is 10.2. The highest BCUT2D eigenvalue weighted by atomic mass is 16.6. The molecule has 43 heavy (non-hydrogen) atoms. The minimum atomic E-state index is -1.03. The number of ether oxygens (including phenoxy) is 2. The van der Waals surface area contributed by atoms with Crippen LogP contribution in [-0.4, -0.2) is 47.6 Å². The maximum Gasteiger partial charge on any atom is 0.306 e. The van der Waals surface area contributed by atoms with Crippen molar-refractivity contribution >= 4 is 11.9 Å². The van der Waals surface area contributed by atoms with Gasteiger partial charge in [-0.1, -0.05) is 138 Å². The van der Waals surface area contributed by atoms with Crippen molar-refractivity contribution in [2.45, 2.75) is 135 Å². The van der Waals surface area contributed by atoms with Crippen LogP contribution < -0.4 is 0 Å². The molecule has 0 rings (SSSR count). The van der Waals surface area contributed by atoms with Crippen molar-refractivity contribution in [3.63, 3.8) is 0 Å². The molecule has 2 N–H and O–H groups in total. The van der Waals surface area contributed by atoms with E-state index in [-0.39, 0.29) is 25.6 Å². The van der Waals surface area contributed by atoms with E-state index in [2.05, 4.69) is 50.3 Å². The molecular weight excluding hydrogens is 540 g/mol. The maximum absolute atomic E-state index is 11.9. The maximum atomic E-state index is 11.9. The number of hydrogen-bond donors (Lipinski definition) is 2. The summed E-state index contributed by atoms with van der Waals surface area (Å²) >= 11 is 0. The molecule has 0 amide bonds. The predicted molar refractivity (Wildman–Crippen MR) is 179 cm³/mol. The van der Waals surface area contributed by atoms with Crippen LogP contribution in [-0.2, 0) is 19.1 Å². The van der Waals surface area contributed by atoms with Gasteiger partial charge in [0, 0.05) is 12.8 Å². The van der Waals surface area contributed by atoms with Crippen LogP contribution in [0.4, 0.5) is 0 Å². The highest BCUT2D eigenvalue weighted by Crippen LogP contribution is 2.11. The summed E-state index contributed by atoms with van der Waals surface area (Å²) in [4.78, 5) is 23.7. The molecule has 0 aromatic carbocycles. The van der Waals surface area contributed by atoms with E-state index in [4.69, 9.17) is 9.47 Å². The van der Waals surface area contributed by atoms with Gasteiger partial charge in [0.05, 0.1) is 6.10 Å². The molecule has 0 aliphatic heterocycles. The molecule has 0 aliphatic rings. The van der Waals surface area contributed by atoms with Crippen LogP contribution >= 0.6 is 0 Å². The van der Waals surface area contributed by atoms with Gasteiger partial charge in [-0.15, -0.1) is 0 Å². The zero-order valence-electron chi connectivity index (χ0n) is 27.0. The van der Waals surface area contributed by atoms with E-state index in [1.807, 2.05) is 30.4 Å². The molecule has 0 bridgehead atoms. The molecule has 6 nitrogen and oxygen atoms in total. The van der Waals surface area contributed by atoms with Gasteiger partial charge in [0.25, 0.3) is 0 Å². The Labute approximate surface area is 262 Å². The minimum absolute atomic E-state index is 0.171. The van der Waals surface area contributed by atoms with Gasteiger partial charge in [-0.25, -0.2) is 0 Å². The quantitative estimate of drug-likeness (QED) is 0.0403. The average molecular weight is 601 g/mol. The van der Waals surface area contributed by atoms with Crippen molar-refractivity contribution in [2.24, 2.45) is 0 Å². The first kappa shape index (κ1) is 40.3. The first-order valence-corrected chi connectivity index (χ1v) is 16.6. The molecule has 0 aromatic heterocycles. The summed E-state index contributed by atoms with van der Waals surface area (Å²) in [5.41, 5.74) is 0. The molecule has 0 spiro atoms. The van der Waals surface area contributed by atoms with E-state index in [9.17, 15) is 19.8 Å². The van der Waals surface area contributed by atoms with Crippen molar-refractivity contribution < 1.29 is 29.3 Å². The lowest BCUT2D eigenvalue weighted by Gasteiger charge is -2.12. The Bertz CT molecular complexity index is 836. The molecule has 6 heteroatoms. The van der Waals surface area contributed by atoms with Gasteiger partial charge in [-0.2, -0.15) is 0 Å². The fourth-order valence-corrected chi connectivity index (χ4v) is 4.02. The smallest absolute Gasteiger partial charge is 0.306 e. The number of carbonyl (C=O) groups is 2. The summed E-state index contributed by atoms with van der Waals surface area (Å²) in [5.74, 6) is -0.751. The standard InChI is InChI=1S/C37H60O6/c1-3-5-7-9-11-13-14-15-16-18-19-21-24-28-34(38)29-25-23-27-31-37(41)43-33-35(39)32-42-36(40)30-26-22-20-17-12-10-8-6-4-2/h5,7,11,13,15-16,19,21,23-25,28,34-35,38-39H,3-4,6,8-10,12,14,17-18,20,22,26-27,29-33H2,1-2H3/b7-5-,13-11-,16-15-,21-19-,25-23-,28-24-/t34?,35-/m0/s1. The molecule has 0 saturated carbocycles. The first-order chi connectivity index (χ1) is 21.0. The molecule has 2 atom stereocenters. The van der Waals surface area contributed by atoms with E-state index in [1.54, 1.807) is 6.08 Å². The van der Waals surface area contributed by atoms with E-state index >= 15 is 0 Å². The summed E-state index contributed by atoms with van der Waals surface area (Å²) in [6, 6.07) is 0. The largest absolute Gasteiger partial charge is 0.463 e. The third kappa shape index (κ3) is 32.1. The number of allylic oxidation sites excluding steroid dienone is 10. The number of aliphatic hydroxyl groups excluding tert-OH is 2. The number of aliphatic hydroxyl groups is 2. The minimum Gasteiger partial charge on any atom is -0.463 e. The molecule has 0 heterocycles. The predicted octanol–water partition coefficient (Wildman–Crippen LogP) is 8.80. The topological polar surface area (TPSA) is 93.1 Å².